The van der Waals surface area contributed by atoms with Crippen LogP contribution in [0.3, 0.4) is 0 Å². The molecule has 6 heteroatoms. The normalized spacial score (nSPS) is 16.7. The lowest BCUT2D eigenvalue weighted by molar-refractivity contribution is -0.129. The molecular formula is C29H40N3O3. The third-order valence-electron chi connectivity index (χ3n) is 6.64. The van der Waals surface area contributed by atoms with Gasteiger partial charge in [0.15, 0.2) is 0 Å². The molecular weight excluding hydrogens is 438 g/mol. The number of hydrogen-bond acceptors (Lipinski definition) is 4. The number of nitrogens with two attached hydrogens (primary N) is 1. The molecule has 0 aliphatic carbocycles. The molecule has 1 radical (unpaired) electrons. The Hall–Kier alpha value is -3.02. The molecule has 189 valence electrons. The minimum atomic E-state index is -0.373. The highest BCUT2D eigenvalue weighted by Crippen LogP contribution is 2.27. The number of anilines is 1. The highest BCUT2D eigenvalue weighted by molar-refractivity contribution is 5.86. The molecule has 2 N–H and O–H groups in total. The van der Waals surface area contributed by atoms with Crippen LogP contribution in [0.25, 0.3) is 0 Å². The zero-order chi connectivity index (χ0) is 25.2. The van der Waals surface area contributed by atoms with Crippen molar-refractivity contribution >= 4 is 17.5 Å². The Kier molecular flexibility index (Phi) is 10.0. The fraction of sp³-hybridized carbons (Fsp3) is 0.483. The van der Waals surface area contributed by atoms with Crippen molar-refractivity contribution in [1.82, 2.24) is 4.90 Å². The molecule has 0 spiro atoms. The molecule has 0 bridgehead atoms. The topological polar surface area (TPSA) is 75.9 Å². The molecule has 2 atom stereocenters. The number of primary amides is 1. The van der Waals surface area contributed by atoms with E-state index >= 15 is 0 Å². The number of hydrogen-bond donors (Lipinski definition) is 1. The Morgan fingerprint density at radius 1 is 1.11 bits per heavy atom. The molecule has 1 aliphatic rings. The van der Waals surface area contributed by atoms with Crippen LogP contribution in [0.15, 0.2) is 54.6 Å². The summed E-state index contributed by atoms with van der Waals surface area (Å²) in [5.41, 5.74) is 7.64. The van der Waals surface area contributed by atoms with Gasteiger partial charge < -0.3 is 20.3 Å². The Morgan fingerprint density at radius 2 is 1.83 bits per heavy atom. The van der Waals surface area contributed by atoms with Gasteiger partial charge in [-0.1, -0.05) is 51.1 Å². The first-order chi connectivity index (χ1) is 16.8. The van der Waals surface area contributed by atoms with Crippen LogP contribution in [0.1, 0.15) is 52.0 Å². The Morgan fingerprint density at radius 3 is 2.49 bits per heavy atom. The fourth-order valence-corrected chi connectivity index (χ4v) is 4.33. The quantitative estimate of drug-likeness (QED) is 0.474. The first kappa shape index (κ1) is 26.6. The summed E-state index contributed by atoms with van der Waals surface area (Å²) in [7, 11) is 0. The number of rotatable bonds is 12. The lowest BCUT2D eigenvalue weighted by Gasteiger charge is -2.41. The van der Waals surface area contributed by atoms with Crippen molar-refractivity contribution in [3.05, 3.63) is 66.6 Å². The van der Waals surface area contributed by atoms with Gasteiger partial charge in [0.2, 0.25) is 11.8 Å². The van der Waals surface area contributed by atoms with E-state index in [1.807, 2.05) is 35.2 Å². The Labute approximate surface area is 210 Å². The second-order valence-electron chi connectivity index (χ2n) is 9.97. The van der Waals surface area contributed by atoms with E-state index in [4.69, 9.17) is 10.5 Å². The van der Waals surface area contributed by atoms with E-state index < -0.39 is 0 Å². The van der Waals surface area contributed by atoms with E-state index in [1.165, 1.54) is 0 Å². The van der Waals surface area contributed by atoms with Gasteiger partial charge in [0.25, 0.3) is 0 Å². The average Bonchev–Trinajstić information content (AvgIpc) is 2.87. The van der Waals surface area contributed by atoms with Crippen molar-refractivity contribution in [2.45, 2.75) is 59.1 Å². The maximum absolute atomic E-state index is 12.8. The molecule has 1 heterocycles. The highest BCUT2D eigenvalue weighted by Gasteiger charge is 2.28. The minimum Gasteiger partial charge on any atom is -0.489 e. The summed E-state index contributed by atoms with van der Waals surface area (Å²) >= 11 is 0. The second-order valence-corrected chi connectivity index (χ2v) is 9.97. The number of benzene rings is 2. The monoisotopic (exact) mass is 478 g/mol. The van der Waals surface area contributed by atoms with Crippen molar-refractivity contribution in [2.75, 3.05) is 24.5 Å². The van der Waals surface area contributed by atoms with Crippen molar-refractivity contribution in [3.8, 4) is 5.75 Å². The van der Waals surface area contributed by atoms with Crippen LogP contribution in [0, 0.1) is 18.3 Å². The summed E-state index contributed by atoms with van der Waals surface area (Å²) < 4.78 is 5.97. The first-order valence-electron chi connectivity index (χ1n) is 12.8. The van der Waals surface area contributed by atoms with Gasteiger partial charge in [0.05, 0.1) is 6.42 Å². The number of carbonyl (C=O) groups excluding carboxylic acids is 2. The number of ether oxygens (including phenoxy) is 1. The van der Waals surface area contributed by atoms with Gasteiger partial charge >= 0.3 is 0 Å². The summed E-state index contributed by atoms with van der Waals surface area (Å²) in [5, 5.41) is 0. The molecule has 2 amide bonds. The summed E-state index contributed by atoms with van der Waals surface area (Å²) in [6.07, 6.45) is 5.10. The number of amides is 2. The summed E-state index contributed by atoms with van der Waals surface area (Å²) in [5.74, 6) is 0.735. The lowest BCUT2D eigenvalue weighted by atomic mass is 10.00. The summed E-state index contributed by atoms with van der Waals surface area (Å²) in [6, 6.07) is 18.7. The van der Waals surface area contributed by atoms with E-state index in [-0.39, 0.29) is 23.8 Å². The number of nitrogens with zero attached hydrogens (tertiary/aromatic N) is 2. The van der Waals surface area contributed by atoms with Crippen LogP contribution in [0.2, 0.25) is 0 Å². The molecule has 35 heavy (non-hydrogen) atoms. The minimum absolute atomic E-state index is 0.00345. The van der Waals surface area contributed by atoms with Gasteiger partial charge in [-0.25, -0.2) is 0 Å². The molecule has 1 aliphatic heterocycles. The average molecular weight is 479 g/mol. The number of likely N-dealkylation sites (tertiary alicyclic amines) is 1. The maximum Gasteiger partial charge on any atom is 0.226 e. The fourth-order valence-electron chi connectivity index (χ4n) is 4.33. The zero-order valence-corrected chi connectivity index (χ0v) is 21.4. The predicted molar refractivity (Wildman–Crippen MR) is 141 cm³/mol. The molecule has 2 aromatic rings. The third-order valence-corrected chi connectivity index (χ3v) is 6.64. The number of piperidine rings is 1. The van der Waals surface area contributed by atoms with Crippen LogP contribution < -0.4 is 15.4 Å². The smallest absolute Gasteiger partial charge is 0.226 e. The van der Waals surface area contributed by atoms with Crippen molar-refractivity contribution in [2.24, 2.45) is 17.6 Å². The SMILES string of the molecule is CC(C)CCN(c1ccc(OCc2ccccc2)cc1)C1CCCN(C(=O)[CH]CC(C)C(N)=O)C1. The predicted octanol–water partition coefficient (Wildman–Crippen LogP) is 4.82. The van der Waals surface area contributed by atoms with Gasteiger partial charge in [0.1, 0.15) is 12.4 Å². The molecule has 2 aromatic carbocycles. The highest BCUT2D eigenvalue weighted by atomic mass is 16.5. The third kappa shape index (κ3) is 8.30. The van der Waals surface area contributed by atoms with Crippen LogP contribution in [0.4, 0.5) is 5.69 Å². The number of carbonyl (C=O) groups is 2. The van der Waals surface area contributed by atoms with Gasteiger partial charge in [-0.3, -0.25) is 9.59 Å². The summed E-state index contributed by atoms with van der Waals surface area (Å²) in [4.78, 5) is 28.5. The van der Waals surface area contributed by atoms with Gasteiger partial charge in [-0.2, -0.15) is 0 Å². The Bertz CT molecular complexity index is 930. The van der Waals surface area contributed by atoms with Crippen LogP contribution >= 0.6 is 0 Å². The maximum atomic E-state index is 12.8. The molecule has 0 aromatic heterocycles. The molecule has 3 rings (SSSR count). The summed E-state index contributed by atoms with van der Waals surface area (Å²) in [6.45, 7) is 9.16. The van der Waals surface area contributed by atoms with E-state index in [2.05, 4.69) is 43.0 Å². The van der Waals surface area contributed by atoms with Gasteiger partial charge in [-0.15, -0.1) is 0 Å². The van der Waals surface area contributed by atoms with Gasteiger partial charge in [-0.05, 0) is 61.4 Å². The largest absolute Gasteiger partial charge is 0.489 e. The van der Waals surface area contributed by atoms with E-state index in [0.717, 1.165) is 49.4 Å². The lowest BCUT2D eigenvalue weighted by Crippen LogP contribution is -2.50. The van der Waals surface area contributed by atoms with Gasteiger partial charge in [0, 0.05) is 37.3 Å². The molecule has 0 saturated carbocycles. The first-order valence-corrected chi connectivity index (χ1v) is 12.8. The van der Waals surface area contributed by atoms with Crippen LogP contribution in [0.5, 0.6) is 5.75 Å². The molecule has 6 nitrogen and oxygen atoms in total. The van der Waals surface area contributed by atoms with Crippen molar-refractivity contribution in [3.63, 3.8) is 0 Å². The van der Waals surface area contributed by atoms with Crippen molar-refractivity contribution in [1.29, 1.82) is 0 Å². The van der Waals surface area contributed by atoms with E-state index in [0.29, 0.717) is 25.5 Å². The zero-order valence-electron chi connectivity index (χ0n) is 21.4. The van der Waals surface area contributed by atoms with E-state index in [1.54, 1.807) is 13.3 Å². The molecule has 1 fully saturated rings. The second kappa shape index (κ2) is 13.2. The van der Waals surface area contributed by atoms with Crippen LogP contribution in [-0.2, 0) is 16.2 Å². The molecule has 1 saturated heterocycles. The standard InChI is InChI=1S/C29H40N3O3/c1-22(2)17-19-32(25-12-14-27(15-13-25)35-21-24-8-5-4-6-9-24)26-10-7-18-31(20-26)28(33)16-11-23(3)29(30)34/h4-6,8-9,12-16,22-23,26H,7,10-11,17-21H2,1-3H3,(H2,30,34). The van der Waals surface area contributed by atoms with E-state index in [9.17, 15) is 9.59 Å². The van der Waals surface area contributed by atoms with Crippen molar-refractivity contribution < 1.29 is 14.3 Å². The molecule has 2 unspecified atom stereocenters. The van der Waals surface area contributed by atoms with Crippen LogP contribution in [-0.4, -0.2) is 42.4 Å². The Balaban J connectivity index is 1.65.